The molecule has 1 aliphatic carbocycles. The van der Waals surface area contributed by atoms with Gasteiger partial charge in [-0.15, -0.1) is 0 Å². The van der Waals surface area contributed by atoms with Crippen LogP contribution in [-0.2, 0) is 0 Å². The number of carbonyl (C=O) groups is 1. The predicted molar refractivity (Wildman–Crippen MR) is 170 cm³/mol. The van der Waals surface area contributed by atoms with Crippen LogP contribution in [0.5, 0.6) is 17.2 Å². The van der Waals surface area contributed by atoms with Crippen molar-refractivity contribution in [3.8, 4) is 17.2 Å². The zero-order valence-electron chi connectivity index (χ0n) is 26.3. The molecule has 2 aromatic rings. The topological polar surface area (TPSA) is 44.8 Å². The summed E-state index contributed by atoms with van der Waals surface area (Å²) >= 11 is 0. The van der Waals surface area contributed by atoms with Gasteiger partial charge in [-0.25, -0.2) is 9.18 Å². The minimum atomic E-state index is -0.600. The molecule has 2 aromatic carbocycles. The third-order valence-electron chi connectivity index (χ3n) is 8.65. The zero-order chi connectivity index (χ0) is 29.8. The summed E-state index contributed by atoms with van der Waals surface area (Å²) in [4.78, 5) is 12.6. The maximum Gasteiger partial charge on any atom is 0.343 e. The molecule has 0 saturated heterocycles. The summed E-state index contributed by atoms with van der Waals surface area (Å²) in [7, 11) is 0. The van der Waals surface area contributed by atoms with E-state index in [0.29, 0.717) is 19.0 Å². The van der Waals surface area contributed by atoms with Crippen molar-refractivity contribution in [2.75, 3.05) is 13.2 Å². The molecule has 1 aliphatic rings. The van der Waals surface area contributed by atoms with E-state index in [1.54, 1.807) is 18.2 Å². The van der Waals surface area contributed by atoms with Gasteiger partial charge in [0.1, 0.15) is 11.5 Å². The predicted octanol–water partition coefficient (Wildman–Crippen LogP) is 11.1. The fraction of sp³-hybridized carbons (Fsp3) is 0.649. The number of hydrogen-bond donors (Lipinski definition) is 0. The van der Waals surface area contributed by atoms with E-state index >= 15 is 0 Å². The lowest BCUT2D eigenvalue weighted by Gasteiger charge is -2.28. The number of rotatable bonds is 21. The fourth-order valence-corrected chi connectivity index (χ4v) is 6.07. The first-order chi connectivity index (χ1) is 20.6. The SMILES string of the molecule is CCCCCCCCCCCCOc1ccc(C(=O)Oc2ccc(OCCCC3CCC(CCC)CC3)cc2)cc1F. The molecule has 5 heteroatoms. The molecule has 0 N–H and O–H groups in total. The van der Waals surface area contributed by atoms with Crippen LogP contribution in [0.2, 0.25) is 0 Å². The Morgan fingerprint density at radius 2 is 1.24 bits per heavy atom. The van der Waals surface area contributed by atoms with Crippen molar-refractivity contribution in [3.05, 3.63) is 53.8 Å². The van der Waals surface area contributed by atoms with Crippen LogP contribution in [0.3, 0.4) is 0 Å². The van der Waals surface area contributed by atoms with Gasteiger partial charge in [0.15, 0.2) is 11.6 Å². The van der Waals surface area contributed by atoms with Crippen LogP contribution in [-0.4, -0.2) is 19.2 Å². The molecule has 42 heavy (non-hydrogen) atoms. The van der Waals surface area contributed by atoms with E-state index in [1.807, 2.05) is 12.1 Å². The van der Waals surface area contributed by atoms with Crippen molar-refractivity contribution in [2.24, 2.45) is 11.8 Å². The van der Waals surface area contributed by atoms with Crippen LogP contribution >= 0.6 is 0 Å². The Morgan fingerprint density at radius 3 is 1.86 bits per heavy atom. The Morgan fingerprint density at radius 1 is 0.667 bits per heavy atom. The Hall–Kier alpha value is -2.56. The number of carbonyl (C=O) groups excluding carboxylic acids is 1. The molecule has 1 fully saturated rings. The molecule has 0 unspecified atom stereocenters. The van der Waals surface area contributed by atoms with Crippen LogP contribution in [0.25, 0.3) is 0 Å². The molecule has 0 aromatic heterocycles. The van der Waals surface area contributed by atoms with Crippen molar-refractivity contribution < 1.29 is 23.4 Å². The van der Waals surface area contributed by atoms with Gasteiger partial charge in [-0.1, -0.05) is 110 Å². The summed E-state index contributed by atoms with van der Waals surface area (Å²) in [5, 5.41) is 0. The molecule has 4 nitrogen and oxygen atoms in total. The Balaban J connectivity index is 1.28. The molecule has 0 amide bonds. The van der Waals surface area contributed by atoms with E-state index < -0.39 is 11.8 Å². The molecule has 1 saturated carbocycles. The van der Waals surface area contributed by atoms with E-state index in [1.165, 1.54) is 108 Å². The molecule has 0 radical (unpaired) electrons. The monoisotopic (exact) mass is 582 g/mol. The molecule has 0 bridgehead atoms. The highest BCUT2D eigenvalue weighted by molar-refractivity contribution is 5.91. The first kappa shape index (κ1) is 33.9. The van der Waals surface area contributed by atoms with Gasteiger partial charge in [0, 0.05) is 0 Å². The highest BCUT2D eigenvalue weighted by Crippen LogP contribution is 2.33. The molecular formula is C37H55FO4. The fourth-order valence-electron chi connectivity index (χ4n) is 6.07. The number of unbranched alkanes of at least 4 members (excludes halogenated alkanes) is 9. The third kappa shape index (κ3) is 13.2. The van der Waals surface area contributed by atoms with Crippen molar-refractivity contribution in [2.45, 2.75) is 129 Å². The van der Waals surface area contributed by atoms with Gasteiger partial charge in [0.05, 0.1) is 18.8 Å². The number of esters is 1. The van der Waals surface area contributed by atoms with Crippen molar-refractivity contribution >= 4 is 5.97 Å². The van der Waals surface area contributed by atoms with Crippen molar-refractivity contribution in [1.29, 1.82) is 0 Å². The van der Waals surface area contributed by atoms with Gasteiger partial charge < -0.3 is 14.2 Å². The molecule has 0 atom stereocenters. The maximum absolute atomic E-state index is 14.6. The summed E-state index contributed by atoms with van der Waals surface area (Å²) in [5.74, 6) is 1.99. The average Bonchev–Trinajstić information content (AvgIpc) is 3.00. The molecule has 3 rings (SSSR count). The largest absolute Gasteiger partial charge is 0.494 e. The van der Waals surface area contributed by atoms with Crippen LogP contribution in [0.1, 0.15) is 140 Å². The van der Waals surface area contributed by atoms with Gasteiger partial charge >= 0.3 is 5.97 Å². The van der Waals surface area contributed by atoms with Crippen molar-refractivity contribution in [1.82, 2.24) is 0 Å². The summed E-state index contributed by atoms with van der Waals surface area (Å²) in [6, 6.07) is 11.3. The van der Waals surface area contributed by atoms with Crippen LogP contribution in [0, 0.1) is 17.7 Å². The highest BCUT2D eigenvalue weighted by atomic mass is 19.1. The third-order valence-corrected chi connectivity index (χ3v) is 8.65. The Kier molecular flexibility index (Phi) is 16.5. The second-order valence-electron chi connectivity index (χ2n) is 12.2. The molecular weight excluding hydrogens is 527 g/mol. The second-order valence-corrected chi connectivity index (χ2v) is 12.2. The van der Waals surface area contributed by atoms with E-state index in [4.69, 9.17) is 14.2 Å². The van der Waals surface area contributed by atoms with E-state index in [0.717, 1.165) is 36.8 Å². The standard InChI is InChI=1S/C37H55FO4/c1-3-5-6-7-8-9-10-11-12-13-27-41-36-26-21-32(29-35(36)38)37(39)42-34-24-22-33(23-25-34)40-28-14-16-31-19-17-30(15-4-2)18-20-31/h21-26,29-31H,3-20,27-28H2,1-2H3. The Labute approximate surface area is 254 Å². The van der Waals surface area contributed by atoms with Gasteiger partial charge in [-0.2, -0.15) is 0 Å². The van der Waals surface area contributed by atoms with Gasteiger partial charge in [0.25, 0.3) is 0 Å². The van der Waals surface area contributed by atoms with Crippen LogP contribution in [0.4, 0.5) is 4.39 Å². The summed E-state index contributed by atoms with van der Waals surface area (Å²) in [6.45, 7) is 5.70. The normalized spacial score (nSPS) is 16.7. The van der Waals surface area contributed by atoms with Crippen molar-refractivity contribution in [3.63, 3.8) is 0 Å². The lowest BCUT2D eigenvalue weighted by molar-refractivity contribution is 0.0734. The highest BCUT2D eigenvalue weighted by Gasteiger charge is 2.20. The number of ether oxygens (including phenoxy) is 3. The quantitative estimate of drug-likeness (QED) is 0.0834. The van der Waals surface area contributed by atoms with Crippen LogP contribution < -0.4 is 14.2 Å². The van der Waals surface area contributed by atoms with Gasteiger partial charge in [-0.05, 0) is 73.6 Å². The number of halogens is 1. The second kappa shape index (κ2) is 20.4. The van der Waals surface area contributed by atoms with E-state index in [-0.39, 0.29) is 11.3 Å². The van der Waals surface area contributed by atoms with Gasteiger partial charge in [0.2, 0.25) is 0 Å². The van der Waals surface area contributed by atoms with Gasteiger partial charge in [-0.3, -0.25) is 0 Å². The Bertz CT molecular complexity index is 997. The lowest BCUT2D eigenvalue weighted by atomic mass is 9.78. The van der Waals surface area contributed by atoms with E-state index in [9.17, 15) is 9.18 Å². The average molecular weight is 583 g/mol. The molecule has 0 spiro atoms. The summed E-state index contributed by atoms with van der Waals surface area (Å²) in [5.41, 5.74) is 0.155. The lowest BCUT2D eigenvalue weighted by Crippen LogP contribution is -2.15. The zero-order valence-corrected chi connectivity index (χ0v) is 26.3. The molecule has 234 valence electrons. The van der Waals surface area contributed by atoms with Crippen LogP contribution in [0.15, 0.2) is 42.5 Å². The number of benzene rings is 2. The summed E-state index contributed by atoms with van der Waals surface area (Å²) in [6.07, 6.45) is 22.9. The first-order valence-corrected chi connectivity index (χ1v) is 17.0. The van der Waals surface area contributed by atoms with E-state index in [2.05, 4.69) is 13.8 Å². The maximum atomic E-state index is 14.6. The molecule has 0 heterocycles. The first-order valence-electron chi connectivity index (χ1n) is 17.0. The summed E-state index contributed by atoms with van der Waals surface area (Å²) < 4.78 is 31.6. The minimum absolute atomic E-state index is 0.155. The number of hydrogen-bond acceptors (Lipinski definition) is 4. The molecule has 0 aliphatic heterocycles. The smallest absolute Gasteiger partial charge is 0.343 e. The minimum Gasteiger partial charge on any atom is -0.494 e.